The van der Waals surface area contributed by atoms with Gasteiger partial charge in [-0.25, -0.2) is 0 Å². The molecule has 2 fully saturated rings. The van der Waals surface area contributed by atoms with Gasteiger partial charge in [-0.2, -0.15) is 0 Å². The van der Waals surface area contributed by atoms with Gasteiger partial charge in [0.05, 0.1) is 54.8 Å². The molecule has 6 rings (SSSR count). The van der Waals surface area contributed by atoms with Crippen molar-refractivity contribution in [3.8, 4) is 17.2 Å². The number of fused-ring (bicyclic) bond motifs is 3. The highest BCUT2D eigenvalue weighted by Crippen LogP contribution is 2.52. The summed E-state index contributed by atoms with van der Waals surface area (Å²) in [7, 11) is 1.34. The number of aliphatic hydroxyl groups excluding tert-OH is 2. The summed E-state index contributed by atoms with van der Waals surface area (Å²) in [6.07, 6.45) is -4.76. The van der Waals surface area contributed by atoms with E-state index in [2.05, 4.69) is 4.90 Å². The van der Waals surface area contributed by atoms with Crippen molar-refractivity contribution in [2.24, 2.45) is 0 Å². The van der Waals surface area contributed by atoms with Gasteiger partial charge in [0.15, 0.2) is 17.9 Å². The van der Waals surface area contributed by atoms with Crippen LogP contribution >= 0.6 is 0 Å². The molecule has 2 heterocycles. The smallest absolute Gasteiger partial charge is 0.202 e. The van der Waals surface area contributed by atoms with E-state index in [-0.39, 0.29) is 46.6 Å². The molecule has 2 aromatic rings. The molecular formula is C32H37NO12. The highest BCUT2D eigenvalue weighted by atomic mass is 16.7. The number of nitrogens with zero attached hydrogens (tertiary/aromatic N) is 1. The number of aliphatic hydroxyl groups is 3. The zero-order valence-electron chi connectivity index (χ0n) is 25.2. The van der Waals surface area contributed by atoms with Gasteiger partial charge in [0.1, 0.15) is 29.5 Å². The van der Waals surface area contributed by atoms with Crippen LogP contribution in [0.25, 0.3) is 0 Å². The Morgan fingerprint density at radius 1 is 1.11 bits per heavy atom. The molecule has 0 radical (unpaired) electrons. The number of phenolic OH excluding ortho intramolecular Hbond substituents is 2. The molecule has 5 N–H and O–H groups in total. The lowest BCUT2D eigenvalue weighted by atomic mass is 9.72. The van der Waals surface area contributed by atoms with E-state index in [1.165, 1.54) is 25.3 Å². The summed E-state index contributed by atoms with van der Waals surface area (Å²) in [6, 6.07) is 4.02. The van der Waals surface area contributed by atoms with E-state index in [4.69, 9.17) is 18.9 Å². The predicted octanol–water partition coefficient (Wildman–Crippen LogP) is 0.763. The van der Waals surface area contributed by atoms with E-state index >= 15 is 0 Å². The van der Waals surface area contributed by atoms with Crippen molar-refractivity contribution < 1.29 is 58.9 Å². The second kappa shape index (κ2) is 11.7. The van der Waals surface area contributed by atoms with Crippen LogP contribution in [0.2, 0.25) is 0 Å². The maximum absolute atomic E-state index is 13.8. The number of rotatable bonds is 6. The first-order chi connectivity index (χ1) is 21.4. The number of carbonyl (C=O) groups excluding carboxylic acids is 3. The molecule has 2 saturated heterocycles. The lowest BCUT2D eigenvalue weighted by Gasteiger charge is -2.47. The molecule has 2 aliphatic heterocycles. The largest absolute Gasteiger partial charge is 0.507 e. The summed E-state index contributed by atoms with van der Waals surface area (Å²) in [5.41, 5.74) is -3.53. The Bertz CT molecular complexity index is 1560. The Balaban J connectivity index is 1.44. The molecule has 1 unspecified atom stereocenters. The minimum Gasteiger partial charge on any atom is -0.507 e. The van der Waals surface area contributed by atoms with Gasteiger partial charge >= 0.3 is 0 Å². The van der Waals surface area contributed by atoms with Crippen molar-refractivity contribution in [1.82, 2.24) is 4.90 Å². The number of aromatic hydroxyl groups is 2. The fourth-order valence-corrected chi connectivity index (χ4v) is 7.20. The van der Waals surface area contributed by atoms with Crippen molar-refractivity contribution in [2.75, 3.05) is 33.4 Å². The molecule has 45 heavy (non-hydrogen) atoms. The minimum absolute atomic E-state index is 0.0431. The molecule has 7 atom stereocenters. The van der Waals surface area contributed by atoms with Crippen LogP contribution in [0.5, 0.6) is 17.2 Å². The Morgan fingerprint density at radius 2 is 1.84 bits per heavy atom. The van der Waals surface area contributed by atoms with Crippen molar-refractivity contribution >= 4 is 17.3 Å². The third kappa shape index (κ3) is 5.12. The van der Waals surface area contributed by atoms with E-state index in [9.17, 15) is 39.9 Å². The third-order valence-electron chi connectivity index (χ3n) is 9.47. The molecule has 0 spiro atoms. The first-order valence-corrected chi connectivity index (χ1v) is 15.0. The number of carbonyl (C=O) groups is 3. The Labute approximate surface area is 258 Å². The van der Waals surface area contributed by atoms with Crippen LogP contribution in [-0.4, -0.2) is 117 Å². The molecule has 2 aromatic carbocycles. The lowest BCUT2D eigenvalue weighted by Crippen LogP contribution is -2.59. The molecule has 0 aromatic heterocycles. The topological polar surface area (TPSA) is 193 Å². The summed E-state index contributed by atoms with van der Waals surface area (Å²) in [6.45, 7) is 4.23. The number of hydrogen-bond acceptors (Lipinski definition) is 13. The number of ether oxygens (including phenoxy) is 4. The van der Waals surface area contributed by atoms with Gasteiger partial charge in [0.25, 0.3) is 0 Å². The fraction of sp³-hybridized carbons (Fsp3) is 0.531. The molecule has 0 saturated carbocycles. The summed E-state index contributed by atoms with van der Waals surface area (Å²) in [5, 5.41) is 55.4. The SMILES string of the molecule is COc1cccc2c1C(=O)c1c(O)c3c(c(O)c1C2=O)C[C@@](O)(C(=O)CO)C[C@@H]3O[C@H]1CC(N2CCO[C@@H](C)C2)[C@H](O)[C@H](C)O1. The normalized spacial score (nSPS) is 31.6. The lowest BCUT2D eigenvalue weighted by molar-refractivity contribution is -0.261. The quantitative estimate of drug-likeness (QED) is 0.241. The number of hydrogen-bond donors (Lipinski definition) is 5. The number of phenols is 2. The van der Waals surface area contributed by atoms with E-state index in [0.717, 1.165) is 0 Å². The van der Waals surface area contributed by atoms with Crippen LogP contribution in [-0.2, 0) is 25.4 Å². The standard InChI is InChI=1S/C32H37NO12/c1-14-12-33(7-8-43-14)18-9-22(44-15(2)27(18)36)45-20-11-32(41,21(35)13-34)10-17-24(20)31(40)26-25(29(17)38)28(37)16-5-4-6-19(42-3)23(16)30(26)39/h4-6,14-15,18,20,22,27,34,36,38,40-41H,7-13H2,1-3H3/t14-,15-,18?,20-,22-,27+,32-/m0/s1. The van der Waals surface area contributed by atoms with Crippen LogP contribution in [0.4, 0.5) is 0 Å². The second-order valence-corrected chi connectivity index (χ2v) is 12.2. The Kier molecular flexibility index (Phi) is 8.23. The number of morpholine rings is 1. The zero-order chi connectivity index (χ0) is 32.4. The van der Waals surface area contributed by atoms with Crippen LogP contribution in [0.1, 0.15) is 75.8 Å². The van der Waals surface area contributed by atoms with Crippen molar-refractivity contribution in [3.63, 3.8) is 0 Å². The minimum atomic E-state index is -2.24. The van der Waals surface area contributed by atoms with E-state index in [1.54, 1.807) is 6.92 Å². The molecule has 0 bridgehead atoms. The van der Waals surface area contributed by atoms with Crippen LogP contribution < -0.4 is 4.74 Å². The van der Waals surface area contributed by atoms with Gasteiger partial charge in [-0.05, 0) is 19.9 Å². The van der Waals surface area contributed by atoms with Crippen LogP contribution in [0.3, 0.4) is 0 Å². The van der Waals surface area contributed by atoms with Crippen molar-refractivity contribution in [3.05, 3.63) is 51.6 Å². The summed E-state index contributed by atoms with van der Waals surface area (Å²) < 4.78 is 23.3. The molecule has 0 amide bonds. The van der Waals surface area contributed by atoms with Gasteiger partial charge in [-0.15, -0.1) is 0 Å². The summed E-state index contributed by atoms with van der Waals surface area (Å²) >= 11 is 0. The van der Waals surface area contributed by atoms with E-state index in [0.29, 0.717) is 19.7 Å². The Hall–Kier alpha value is -3.43. The van der Waals surface area contributed by atoms with Crippen molar-refractivity contribution in [1.29, 1.82) is 0 Å². The van der Waals surface area contributed by atoms with E-state index < -0.39 is 89.6 Å². The van der Waals surface area contributed by atoms with Gasteiger partial charge in [0, 0.05) is 55.1 Å². The van der Waals surface area contributed by atoms with E-state index in [1.807, 2.05) is 6.92 Å². The Morgan fingerprint density at radius 3 is 2.53 bits per heavy atom. The van der Waals surface area contributed by atoms with Gasteiger partial charge in [0.2, 0.25) is 5.78 Å². The molecule has 2 aliphatic carbocycles. The molecule has 242 valence electrons. The molecular weight excluding hydrogens is 590 g/mol. The first kappa shape index (κ1) is 31.5. The molecule has 13 heteroatoms. The maximum Gasteiger partial charge on any atom is 0.202 e. The average Bonchev–Trinajstić information content (AvgIpc) is 3.02. The number of Topliss-reactive ketones (excluding diaryl/α,β-unsaturated/α-hetero) is 1. The number of ketones is 3. The highest BCUT2D eigenvalue weighted by molar-refractivity contribution is 6.31. The van der Waals surface area contributed by atoms with Crippen LogP contribution in [0.15, 0.2) is 18.2 Å². The monoisotopic (exact) mass is 627 g/mol. The molecule has 13 nitrogen and oxygen atoms in total. The third-order valence-corrected chi connectivity index (χ3v) is 9.47. The summed E-state index contributed by atoms with van der Waals surface area (Å²) in [5.74, 6) is -3.69. The van der Waals surface area contributed by atoms with Crippen molar-refractivity contribution in [2.45, 2.75) is 75.5 Å². The van der Waals surface area contributed by atoms with Gasteiger partial charge in [-0.1, -0.05) is 12.1 Å². The predicted molar refractivity (Wildman–Crippen MR) is 155 cm³/mol. The van der Waals surface area contributed by atoms with Gasteiger partial charge < -0.3 is 44.5 Å². The number of methoxy groups -OCH3 is 1. The zero-order valence-corrected chi connectivity index (χ0v) is 25.2. The van der Waals surface area contributed by atoms with Gasteiger partial charge in [-0.3, -0.25) is 19.3 Å². The summed E-state index contributed by atoms with van der Waals surface area (Å²) in [4.78, 5) is 42.4. The highest BCUT2D eigenvalue weighted by Gasteiger charge is 2.50. The number of benzene rings is 2. The second-order valence-electron chi connectivity index (χ2n) is 12.2. The van der Waals surface area contributed by atoms with Crippen LogP contribution in [0, 0.1) is 0 Å². The fourth-order valence-electron chi connectivity index (χ4n) is 7.20. The molecule has 4 aliphatic rings. The maximum atomic E-state index is 13.8. The first-order valence-electron chi connectivity index (χ1n) is 15.0. The average molecular weight is 628 g/mol.